The molecule has 1 unspecified atom stereocenters. The van der Waals surface area contributed by atoms with Crippen LogP contribution in [0.1, 0.15) is 64.9 Å². The number of ether oxygens (including phenoxy) is 1. The number of urea groups is 1. The van der Waals surface area contributed by atoms with E-state index in [1.807, 2.05) is 19.1 Å². The number of nitrogens with zero attached hydrogens (tertiary/aromatic N) is 5. The van der Waals surface area contributed by atoms with Crippen LogP contribution in [0, 0.1) is 12.7 Å². The van der Waals surface area contributed by atoms with Crippen molar-refractivity contribution in [2.24, 2.45) is 0 Å². The van der Waals surface area contributed by atoms with Crippen molar-refractivity contribution in [1.82, 2.24) is 19.7 Å². The van der Waals surface area contributed by atoms with Gasteiger partial charge >= 0.3 is 12.2 Å². The lowest BCUT2D eigenvalue weighted by Crippen LogP contribution is -2.40. The van der Waals surface area contributed by atoms with Crippen LogP contribution >= 0.6 is 0 Å². The van der Waals surface area contributed by atoms with Gasteiger partial charge in [-0.25, -0.2) is 18.9 Å². The zero-order valence-electron chi connectivity index (χ0n) is 21.9. The first kappa shape index (κ1) is 25.5. The molecule has 3 aliphatic rings. The van der Waals surface area contributed by atoms with E-state index in [4.69, 9.17) is 9.72 Å². The summed E-state index contributed by atoms with van der Waals surface area (Å²) in [7, 11) is 0. The SMILES string of the molecule is Cc1cc2c(cc1N1Cc3c(cc(-n4cc(C(F)(F)F)cn4)nc3C3CC3)NC1=O)OC(c1ncccc1F)CC2. The van der Waals surface area contributed by atoms with Gasteiger partial charge in [0.2, 0.25) is 0 Å². The van der Waals surface area contributed by atoms with Crippen molar-refractivity contribution in [2.45, 2.75) is 57.3 Å². The van der Waals surface area contributed by atoms with Crippen molar-refractivity contribution >= 4 is 17.4 Å². The number of carbonyl (C=O) groups is 1. The van der Waals surface area contributed by atoms with Crippen molar-refractivity contribution in [3.63, 3.8) is 0 Å². The van der Waals surface area contributed by atoms with Gasteiger partial charge in [-0.2, -0.15) is 18.3 Å². The fourth-order valence-electron chi connectivity index (χ4n) is 5.53. The Kier molecular flexibility index (Phi) is 5.77. The molecular formula is C29H24F4N6O2. The summed E-state index contributed by atoms with van der Waals surface area (Å²) in [6.45, 7) is 2.15. The average molecular weight is 565 g/mol. The molecule has 5 heterocycles. The Morgan fingerprint density at radius 3 is 2.68 bits per heavy atom. The van der Waals surface area contributed by atoms with Gasteiger partial charge < -0.3 is 10.1 Å². The minimum absolute atomic E-state index is 0.153. The highest BCUT2D eigenvalue weighted by Gasteiger charge is 2.36. The first-order chi connectivity index (χ1) is 19.7. The third-order valence-electron chi connectivity index (χ3n) is 7.76. The van der Waals surface area contributed by atoms with Crippen LogP contribution in [-0.2, 0) is 19.1 Å². The number of fused-ring (bicyclic) bond motifs is 2. The molecular weight excluding hydrogens is 540 g/mol. The summed E-state index contributed by atoms with van der Waals surface area (Å²) in [5.41, 5.74) is 3.91. The van der Waals surface area contributed by atoms with Gasteiger partial charge in [0.25, 0.3) is 0 Å². The molecule has 2 amide bonds. The Morgan fingerprint density at radius 2 is 1.95 bits per heavy atom. The van der Waals surface area contributed by atoms with Crippen LogP contribution in [0.15, 0.2) is 48.9 Å². The fourth-order valence-corrected chi connectivity index (χ4v) is 5.53. The van der Waals surface area contributed by atoms with E-state index in [0.29, 0.717) is 30.0 Å². The van der Waals surface area contributed by atoms with Gasteiger partial charge in [-0.15, -0.1) is 0 Å². The Morgan fingerprint density at radius 1 is 1.12 bits per heavy atom. The minimum Gasteiger partial charge on any atom is -0.484 e. The molecule has 1 N–H and O–H groups in total. The van der Waals surface area contributed by atoms with Crippen LogP contribution in [0.4, 0.5) is 33.7 Å². The predicted octanol–water partition coefficient (Wildman–Crippen LogP) is 6.62. The smallest absolute Gasteiger partial charge is 0.419 e. The Labute approximate surface area is 232 Å². The Balaban J connectivity index is 1.22. The van der Waals surface area contributed by atoms with E-state index in [1.165, 1.54) is 18.3 Å². The zero-order valence-corrected chi connectivity index (χ0v) is 21.9. The molecule has 7 rings (SSSR count). The van der Waals surface area contributed by atoms with E-state index in [2.05, 4.69) is 15.4 Å². The monoisotopic (exact) mass is 564 g/mol. The van der Waals surface area contributed by atoms with E-state index in [9.17, 15) is 22.4 Å². The van der Waals surface area contributed by atoms with E-state index >= 15 is 0 Å². The first-order valence-corrected chi connectivity index (χ1v) is 13.3. The molecule has 3 aromatic heterocycles. The normalized spacial score (nSPS) is 18.4. The number of pyridine rings is 2. The van der Waals surface area contributed by atoms with E-state index in [1.54, 1.807) is 11.0 Å². The zero-order chi connectivity index (χ0) is 28.5. The number of carbonyl (C=O) groups excluding carboxylic acids is 1. The number of anilines is 2. The highest BCUT2D eigenvalue weighted by Crippen LogP contribution is 2.46. The summed E-state index contributed by atoms with van der Waals surface area (Å²) in [6.07, 6.45) is 1.18. The number of hydrogen-bond acceptors (Lipinski definition) is 5. The molecule has 0 radical (unpaired) electrons. The van der Waals surface area contributed by atoms with Crippen molar-refractivity contribution in [3.05, 3.63) is 88.4 Å². The minimum atomic E-state index is -4.53. The second-order valence-electron chi connectivity index (χ2n) is 10.6. The van der Waals surface area contributed by atoms with E-state index in [-0.39, 0.29) is 30.0 Å². The number of amides is 2. The van der Waals surface area contributed by atoms with E-state index < -0.39 is 23.7 Å². The number of hydrogen-bond donors (Lipinski definition) is 1. The molecule has 12 heteroatoms. The molecule has 1 saturated carbocycles. The number of benzene rings is 1. The maximum absolute atomic E-state index is 14.4. The number of aryl methyl sites for hydroxylation is 2. The van der Waals surface area contributed by atoms with Crippen LogP contribution in [-0.4, -0.2) is 25.8 Å². The summed E-state index contributed by atoms with van der Waals surface area (Å²) in [4.78, 5) is 23.9. The van der Waals surface area contributed by atoms with Crippen molar-refractivity contribution < 1.29 is 27.1 Å². The average Bonchev–Trinajstić information content (AvgIpc) is 3.65. The summed E-state index contributed by atoms with van der Waals surface area (Å²) in [6, 6.07) is 7.85. The maximum atomic E-state index is 14.4. The highest BCUT2D eigenvalue weighted by molar-refractivity contribution is 6.05. The third kappa shape index (κ3) is 4.56. The largest absolute Gasteiger partial charge is 0.484 e. The highest BCUT2D eigenvalue weighted by atomic mass is 19.4. The molecule has 2 aliphatic heterocycles. The topological polar surface area (TPSA) is 85.2 Å². The number of alkyl halides is 3. The van der Waals surface area contributed by atoms with Crippen LogP contribution in [0.5, 0.6) is 5.75 Å². The van der Waals surface area contributed by atoms with Crippen molar-refractivity contribution in [2.75, 3.05) is 10.2 Å². The molecule has 1 fully saturated rings. The summed E-state index contributed by atoms with van der Waals surface area (Å²) in [5, 5.41) is 6.77. The molecule has 0 bridgehead atoms. The molecule has 0 spiro atoms. The van der Waals surface area contributed by atoms with Gasteiger partial charge in [0, 0.05) is 36.0 Å². The van der Waals surface area contributed by atoms with Crippen LogP contribution in [0.2, 0.25) is 0 Å². The van der Waals surface area contributed by atoms with Gasteiger partial charge in [-0.3, -0.25) is 9.88 Å². The second kappa shape index (κ2) is 9.28. The molecule has 0 saturated heterocycles. The quantitative estimate of drug-likeness (QED) is 0.282. The number of nitrogens with one attached hydrogen (secondary N) is 1. The van der Waals surface area contributed by atoms with Gasteiger partial charge in [-0.1, -0.05) is 6.07 Å². The molecule has 1 aliphatic carbocycles. The van der Waals surface area contributed by atoms with Crippen LogP contribution in [0.25, 0.3) is 5.82 Å². The first-order valence-electron chi connectivity index (χ1n) is 13.3. The predicted molar refractivity (Wildman–Crippen MR) is 141 cm³/mol. The number of halogens is 4. The number of rotatable bonds is 4. The Hall–Kier alpha value is -4.48. The van der Waals surface area contributed by atoms with Gasteiger partial charge in [0.1, 0.15) is 23.4 Å². The molecule has 210 valence electrons. The summed E-state index contributed by atoms with van der Waals surface area (Å²) in [5.74, 6) is 0.506. The summed E-state index contributed by atoms with van der Waals surface area (Å²) < 4.78 is 61.2. The molecule has 41 heavy (non-hydrogen) atoms. The van der Waals surface area contributed by atoms with Crippen molar-refractivity contribution in [1.29, 1.82) is 0 Å². The second-order valence-corrected chi connectivity index (χ2v) is 10.6. The molecule has 4 aromatic rings. The van der Waals surface area contributed by atoms with E-state index in [0.717, 1.165) is 52.3 Å². The lowest BCUT2D eigenvalue weighted by atomic mass is 9.96. The maximum Gasteiger partial charge on any atom is 0.419 e. The van der Waals surface area contributed by atoms with Gasteiger partial charge in [0.15, 0.2) is 5.82 Å². The molecule has 8 nitrogen and oxygen atoms in total. The fraction of sp³-hybridized carbons (Fsp3) is 0.310. The van der Waals surface area contributed by atoms with Crippen molar-refractivity contribution in [3.8, 4) is 11.6 Å². The number of aromatic nitrogens is 4. The van der Waals surface area contributed by atoms with Gasteiger partial charge in [-0.05, 0) is 55.9 Å². The van der Waals surface area contributed by atoms with Gasteiger partial charge in [0.05, 0.1) is 35.4 Å². The van der Waals surface area contributed by atoms with Crippen LogP contribution in [0.3, 0.4) is 0 Å². The Bertz CT molecular complexity index is 1700. The summed E-state index contributed by atoms with van der Waals surface area (Å²) >= 11 is 0. The van der Waals surface area contributed by atoms with Crippen LogP contribution < -0.4 is 15.0 Å². The molecule has 1 aromatic carbocycles. The lowest BCUT2D eigenvalue weighted by Gasteiger charge is -2.33. The third-order valence-corrected chi connectivity index (χ3v) is 7.76. The standard InChI is InChI=1S/C29H24F4N6O2/c1-15-9-17-6-7-23(27-20(30)3-2-8-34-27)41-24(17)11-22(15)38-14-19-21(36-28(38)40)10-25(37-26(19)16-4-5-16)39-13-18(12-35-39)29(31,32)33/h2-3,8-13,16,23H,4-7,14H2,1H3,(H,36,40). The lowest BCUT2D eigenvalue weighted by molar-refractivity contribution is -0.137. The molecule has 1 atom stereocenters.